The summed E-state index contributed by atoms with van der Waals surface area (Å²) >= 11 is 0. The first-order valence-corrected chi connectivity index (χ1v) is 9.52. The van der Waals surface area contributed by atoms with Crippen molar-refractivity contribution in [2.75, 3.05) is 17.7 Å². The first-order valence-electron chi connectivity index (χ1n) is 9.52. The largest absolute Gasteiger partial charge is 0.481 e. The van der Waals surface area contributed by atoms with E-state index >= 15 is 0 Å². The quantitative estimate of drug-likeness (QED) is 0.428. The molecule has 0 atom stereocenters. The topological polar surface area (TPSA) is 89.0 Å². The summed E-state index contributed by atoms with van der Waals surface area (Å²) in [6.45, 7) is 9.43. The molecule has 0 aliphatic rings. The number of carbonyl (C=O) groups is 1. The van der Waals surface area contributed by atoms with Gasteiger partial charge in [0.2, 0.25) is 11.8 Å². The van der Waals surface area contributed by atoms with Crippen LogP contribution in [-0.2, 0) is 11.2 Å². The maximum atomic E-state index is 11.9. The third-order valence-electron chi connectivity index (χ3n) is 4.61. The molecule has 0 unspecified atom stereocenters. The molecule has 0 fully saturated rings. The molecule has 2 aromatic heterocycles. The molecule has 0 aliphatic heterocycles. The average molecular weight is 436 g/mol. The highest BCUT2D eigenvalue weighted by atomic mass is 16.5. The van der Waals surface area contributed by atoms with E-state index in [0.717, 1.165) is 33.6 Å². The van der Waals surface area contributed by atoms with Gasteiger partial charge in [-0.25, -0.2) is 9.97 Å². The summed E-state index contributed by atoms with van der Waals surface area (Å²) in [6, 6.07) is 7.73. The Morgan fingerprint density at radius 3 is 2.44 bits per heavy atom. The molecule has 3 rings (SSSR count). The van der Waals surface area contributed by atoms with E-state index in [1.165, 1.54) is 6.08 Å². The van der Waals surface area contributed by atoms with Gasteiger partial charge in [-0.15, -0.1) is 0 Å². The van der Waals surface area contributed by atoms with Crippen LogP contribution in [0.5, 0.6) is 5.88 Å². The first-order chi connectivity index (χ1) is 14.4. The Bertz CT molecular complexity index is 1100. The number of anilines is 4. The van der Waals surface area contributed by atoms with Crippen LogP contribution >= 0.6 is 0 Å². The fourth-order valence-corrected chi connectivity index (χ4v) is 2.88. The fraction of sp³-hybridized carbons (Fsp3) is 0.280. The van der Waals surface area contributed by atoms with Crippen LogP contribution in [0.2, 0.25) is 0 Å². The van der Waals surface area contributed by atoms with E-state index < -0.39 is 0 Å². The minimum atomic E-state index is -0.0347. The number of nitrogens with zero attached hydrogens (tertiary/aromatic N) is 3. The van der Waals surface area contributed by atoms with Crippen LogP contribution in [0.3, 0.4) is 0 Å². The molecule has 2 heterocycles. The summed E-state index contributed by atoms with van der Waals surface area (Å²) < 4.78 is 5.19. The van der Waals surface area contributed by atoms with Crippen LogP contribution in [0.4, 0.5) is 23.1 Å². The van der Waals surface area contributed by atoms with Gasteiger partial charge in [0, 0.05) is 36.1 Å². The number of rotatable bonds is 8. The summed E-state index contributed by atoms with van der Waals surface area (Å²) in [5.41, 5.74) is 5.43. The molecule has 0 saturated heterocycles. The molecular weight excluding hydrogens is 402 g/mol. The van der Waals surface area contributed by atoms with Crippen molar-refractivity contribution in [3.05, 3.63) is 71.6 Å². The van der Waals surface area contributed by atoms with Crippen LogP contribution in [0.15, 0.2) is 49.3 Å². The summed E-state index contributed by atoms with van der Waals surface area (Å²) in [5.74, 6) is 1.56. The molecule has 170 valence electrons. The highest BCUT2D eigenvalue weighted by Gasteiger charge is 2.11. The molecule has 0 aliphatic carbocycles. The van der Waals surface area contributed by atoms with Crippen molar-refractivity contribution >= 4 is 28.9 Å². The van der Waals surface area contributed by atoms with Crippen LogP contribution in [-0.4, -0.2) is 27.8 Å². The second kappa shape index (κ2) is 11.6. The number of aryl methyl sites for hydroxylation is 3. The number of aromatic nitrogens is 3. The van der Waals surface area contributed by atoms with E-state index in [2.05, 4.69) is 32.2 Å². The zero-order valence-electron chi connectivity index (χ0n) is 17.6. The van der Waals surface area contributed by atoms with Gasteiger partial charge in [0.05, 0.1) is 12.8 Å². The molecule has 1 aromatic carbocycles. The predicted molar refractivity (Wildman–Crippen MR) is 132 cm³/mol. The van der Waals surface area contributed by atoms with Gasteiger partial charge < -0.3 is 15.4 Å². The second-order valence-corrected chi connectivity index (χ2v) is 7.02. The third-order valence-corrected chi connectivity index (χ3v) is 4.61. The van der Waals surface area contributed by atoms with Gasteiger partial charge in [0.1, 0.15) is 5.82 Å². The van der Waals surface area contributed by atoms with Crippen LogP contribution in [0.25, 0.3) is 0 Å². The van der Waals surface area contributed by atoms with E-state index in [1.807, 2.05) is 39.0 Å². The number of hydrogen-bond donors (Lipinski definition) is 2. The van der Waals surface area contributed by atoms with Gasteiger partial charge in [-0.1, -0.05) is 39.1 Å². The Balaban J connectivity index is 0.00000256. The van der Waals surface area contributed by atoms with E-state index in [4.69, 9.17) is 4.74 Å². The van der Waals surface area contributed by atoms with Crippen LogP contribution < -0.4 is 15.4 Å². The lowest BCUT2D eigenvalue weighted by Gasteiger charge is -2.15. The molecule has 0 amide bonds. The molecule has 7 heteroatoms. The lowest BCUT2D eigenvalue weighted by atomic mass is 10.0. The van der Waals surface area contributed by atoms with Crippen molar-refractivity contribution in [2.24, 2.45) is 0 Å². The molecular formula is C25H33N5O2. The lowest BCUT2D eigenvalue weighted by molar-refractivity contribution is -0.114. The molecule has 7 nitrogen and oxygen atoms in total. The summed E-state index contributed by atoms with van der Waals surface area (Å²) in [5, 5.41) is 6.56. The monoisotopic (exact) mass is 435 g/mol. The van der Waals surface area contributed by atoms with E-state index in [9.17, 15) is 4.79 Å². The minimum Gasteiger partial charge on any atom is -0.481 e. The Morgan fingerprint density at radius 1 is 1.03 bits per heavy atom. The molecule has 32 heavy (non-hydrogen) atoms. The molecule has 0 saturated carbocycles. The van der Waals surface area contributed by atoms with Gasteiger partial charge in [-0.3, -0.25) is 4.79 Å². The highest BCUT2D eigenvalue weighted by Crippen LogP contribution is 2.26. The van der Waals surface area contributed by atoms with E-state index in [-0.39, 0.29) is 27.1 Å². The standard InChI is InChI=1S/C23H25N5O2.2CH4/c1-6-18(29)10-17-9-14(2)7-8-19(17)26-22-16(4)13-25-23(28-22)27-20-11-21(30-5)24-12-15(20)3;;/h6-9,11-13H,1,10H2,2-5H3,(H2,24,25,26,27,28);2*1H4. The molecule has 0 radical (unpaired) electrons. The zero-order valence-corrected chi connectivity index (χ0v) is 17.6. The maximum Gasteiger partial charge on any atom is 0.229 e. The molecule has 0 spiro atoms. The number of ketones is 1. The molecule has 0 bridgehead atoms. The first kappa shape index (κ1) is 26.3. The van der Waals surface area contributed by atoms with Gasteiger partial charge in [-0.2, -0.15) is 4.98 Å². The van der Waals surface area contributed by atoms with Crippen LogP contribution in [0, 0.1) is 20.8 Å². The van der Waals surface area contributed by atoms with Crippen molar-refractivity contribution in [1.82, 2.24) is 15.0 Å². The van der Waals surface area contributed by atoms with Crippen molar-refractivity contribution in [1.29, 1.82) is 0 Å². The number of nitrogens with one attached hydrogen (secondary N) is 2. The molecule has 2 N–H and O–H groups in total. The Labute approximate surface area is 191 Å². The van der Waals surface area contributed by atoms with Gasteiger partial charge >= 0.3 is 0 Å². The van der Waals surface area contributed by atoms with Crippen molar-refractivity contribution in [3.8, 4) is 5.88 Å². The molecule has 3 aromatic rings. The number of pyridine rings is 1. The summed E-state index contributed by atoms with van der Waals surface area (Å²) in [4.78, 5) is 25.1. The number of benzene rings is 1. The third kappa shape index (κ3) is 6.38. The second-order valence-electron chi connectivity index (χ2n) is 7.02. The summed E-state index contributed by atoms with van der Waals surface area (Å²) in [7, 11) is 1.57. The minimum absolute atomic E-state index is 0. The highest BCUT2D eigenvalue weighted by molar-refractivity contribution is 5.92. The Morgan fingerprint density at radius 2 is 1.75 bits per heavy atom. The van der Waals surface area contributed by atoms with E-state index in [1.54, 1.807) is 25.6 Å². The smallest absolute Gasteiger partial charge is 0.229 e. The number of allylic oxidation sites excluding steroid dienone is 1. The van der Waals surface area contributed by atoms with E-state index in [0.29, 0.717) is 17.6 Å². The van der Waals surface area contributed by atoms with Crippen molar-refractivity contribution in [2.45, 2.75) is 42.0 Å². The van der Waals surface area contributed by atoms with Gasteiger partial charge in [-0.05, 0) is 44.0 Å². The van der Waals surface area contributed by atoms with Crippen LogP contribution in [0.1, 0.15) is 37.1 Å². The number of carbonyl (C=O) groups excluding carboxylic acids is 1. The number of hydrogen-bond acceptors (Lipinski definition) is 7. The average Bonchev–Trinajstić information content (AvgIpc) is 2.73. The maximum absolute atomic E-state index is 11.9. The fourth-order valence-electron chi connectivity index (χ4n) is 2.88. The van der Waals surface area contributed by atoms with Crippen molar-refractivity contribution in [3.63, 3.8) is 0 Å². The Kier molecular flexibility index (Phi) is 9.53. The van der Waals surface area contributed by atoms with Gasteiger partial charge in [0.25, 0.3) is 0 Å². The predicted octanol–water partition coefficient (Wildman–Crippen LogP) is 5.86. The SMILES string of the molecule is C.C.C=CC(=O)Cc1cc(C)ccc1Nc1nc(Nc2cc(OC)ncc2C)ncc1C. The lowest BCUT2D eigenvalue weighted by Crippen LogP contribution is -2.07. The number of ether oxygens (including phenoxy) is 1. The summed E-state index contributed by atoms with van der Waals surface area (Å²) in [6.07, 6.45) is 5.09. The normalized spacial score (nSPS) is 9.75. The Hall–Kier alpha value is -3.74. The van der Waals surface area contributed by atoms with Crippen molar-refractivity contribution < 1.29 is 9.53 Å². The van der Waals surface area contributed by atoms with Gasteiger partial charge in [0.15, 0.2) is 5.78 Å². The zero-order chi connectivity index (χ0) is 21.7. The number of methoxy groups -OCH3 is 1.